The van der Waals surface area contributed by atoms with Crippen molar-refractivity contribution in [1.29, 1.82) is 0 Å². The van der Waals surface area contributed by atoms with Crippen LogP contribution in [0.25, 0.3) is 33.7 Å². The summed E-state index contributed by atoms with van der Waals surface area (Å²) in [6.07, 6.45) is 3.19. The second-order valence-electron chi connectivity index (χ2n) is 8.66. The Balaban J connectivity index is 1.50. The van der Waals surface area contributed by atoms with Crippen molar-refractivity contribution in [2.24, 2.45) is 0 Å². The number of H-pyrrole nitrogens is 1. The molecule has 3 aromatic heterocycles. The second kappa shape index (κ2) is 9.35. The third kappa shape index (κ3) is 4.31. The Morgan fingerprint density at radius 1 is 1.00 bits per heavy atom. The molecule has 3 heterocycles. The van der Waals surface area contributed by atoms with E-state index in [1.54, 1.807) is 0 Å². The van der Waals surface area contributed by atoms with Gasteiger partial charge in [-0.1, -0.05) is 61.9 Å². The van der Waals surface area contributed by atoms with Crippen molar-refractivity contribution >= 4 is 22.7 Å². The number of hydrogen-bond donors (Lipinski definition) is 1. The van der Waals surface area contributed by atoms with E-state index in [2.05, 4.69) is 64.2 Å². The fourth-order valence-corrected chi connectivity index (χ4v) is 4.86. The summed E-state index contributed by atoms with van der Waals surface area (Å²) in [4.78, 5) is 24.1. The molecule has 0 aliphatic carbocycles. The zero-order valence-electron chi connectivity index (χ0n) is 19.6. The summed E-state index contributed by atoms with van der Waals surface area (Å²) in [5, 5.41) is 0. The number of nitrogens with one attached hydrogen (secondary N) is 1. The lowest BCUT2D eigenvalue weighted by atomic mass is 9.98. The number of unbranched alkanes of at least 4 members (excludes halogenated alkanes) is 1. The molecular weight excluding hydrogens is 442 g/mol. The lowest BCUT2D eigenvalue weighted by Gasteiger charge is -2.11. The molecule has 0 aliphatic rings. The number of pyridine rings is 1. The number of aryl methyl sites for hydroxylation is 3. The summed E-state index contributed by atoms with van der Waals surface area (Å²) >= 11 is 0.942. The molecule has 0 bridgehead atoms. The zero-order valence-corrected chi connectivity index (χ0v) is 20.4. The van der Waals surface area contributed by atoms with Gasteiger partial charge in [-0.05, 0) is 48.6 Å². The minimum absolute atomic E-state index is 0.148. The molecule has 0 aliphatic heterocycles. The van der Waals surface area contributed by atoms with Gasteiger partial charge in [-0.15, -0.1) is 0 Å². The maximum Gasteiger partial charge on any atom is 0.323 e. The van der Waals surface area contributed by atoms with E-state index in [1.165, 1.54) is 11.1 Å². The molecule has 172 valence electrons. The summed E-state index contributed by atoms with van der Waals surface area (Å²) in [6, 6.07) is 18.7. The Bertz CT molecular complexity index is 1510. The quantitative estimate of drug-likeness (QED) is 0.321. The van der Waals surface area contributed by atoms with Crippen molar-refractivity contribution in [2.45, 2.75) is 46.6 Å². The van der Waals surface area contributed by atoms with Crippen molar-refractivity contribution in [3.05, 3.63) is 86.9 Å². The van der Waals surface area contributed by atoms with Gasteiger partial charge in [0.15, 0.2) is 11.5 Å². The van der Waals surface area contributed by atoms with Crippen molar-refractivity contribution < 1.29 is 0 Å². The maximum absolute atomic E-state index is 11.6. The molecule has 0 spiro atoms. The number of nitrogens with zero attached hydrogens (tertiary/aromatic N) is 4. The topological polar surface area (TPSA) is 76.5 Å². The smallest absolute Gasteiger partial charge is 0.308 e. The average molecular weight is 470 g/mol. The molecule has 0 saturated carbocycles. The van der Waals surface area contributed by atoms with E-state index in [1.807, 2.05) is 25.1 Å². The van der Waals surface area contributed by atoms with Crippen molar-refractivity contribution in [3.63, 3.8) is 0 Å². The van der Waals surface area contributed by atoms with Crippen LogP contribution in [-0.2, 0) is 13.0 Å². The standard InChI is InChI=1S/C27H27N5OS/c1-4-5-10-23-29-24-17(2)15-18(3)28-26(24)32(23)16-19-11-13-20(14-12-19)21-8-6-7-9-22(21)25-30-27(33)34-31-25/h6-9,11-15H,4-5,10,16H2,1-3H3,(H,30,31,33). The first-order valence-electron chi connectivity index (χ1n) is 11.6. The molecule has 34 heavy (non-hydrogen) atoms. The van der Waals surface area contributed by atoms with Crippen LogP contribution < -0.4 is 4.87 Å². The first-order chi connectivity index (χ1) is 16.5. The van der Waals surface area contributed by atoms with Crippen LogP contribution in [0.4, 0.5) is 0 Å². The van der Waals surface area contributed by atoms with Crippen molar-refractivity contribution in [3.8, 4) is 22.5 Å². The van der Waals surface area contributed by atoms with Gasteiger partial charge in [-0.25, -0.2) is 9.97 Å². The average Bonchev–Trinajstić information content (AvgIpc) is 3.42. The van der Waals surface area contributed by atoms with Crippen molar-refractivity contribution in [2.75, 3.05) is 0 Å². The van der Waals surface area contributed by atoms with E-state index in [9.17, 15) is 4.79 Å². The summed E-state index contributed by atoms with van der Waals surface area (Å²) in [6.45, 7) is 7.09. The first-order valence-corrected chi connectivity index (χ1v) is 12.4. The van der Waals surface area contributed by atoms with Crippen LogP contribution in [0.1, 0.15) is 42.4 Å². The van der Waals surface area contributed by atoms with Gasteiger partial charge in [-0.3, -0.25) is 9.78 Å². The zero-order chi connectivity index (χ0) is 23.7. The van der Waals surface area contributed by atoms with Gasteiger partial charge in [-0.2, -0.15) is 4.37 Å². The second-order valence-corrected chi connectivity index (χ2v) is 9.39. The van der Waals surface area contributed by atoms with E-state index >= 15 is 0 Å². The number of aromatic amines is 1. The summed E-state index contributed by atoms with van der Waals surface area (Å²) in [7, 11) is 0. The maximum atomic E-state index is 11.6. The molecule has 0 radical (unpaired) electrons. The molecule has 0 atom stereocenters. The van der Waals surface area contributed by atoms with Gasteiger partial charge in [0.1, 0.15) is 11.3 Å². The Kier molecular flexibility index (Phi) is 6.11. The highest BCUT2D eigenvalue weighted by atomic mass is 32.1. The molecule has 0 amide bonds. The van der Waals surface area contributed by atoms with E-state index in [0.717, 1.165) is 76.7 Å². The van der Waals surface area contributed by atoms with Gasteiger partial charge >= 0.3 is 4.87 Å². The van der Waals surface area contributed by atoms with Gasteiger partial charge in [0.2, 0.25) is 0 Å². The summed E-state index contributed by atoms with van der Waals surface area (Å²) in [5.41, 5.74) is 8.39. The molecule has 0 saturated heterocycles. The van der Waals surface area contributed by atoms with Crippen LogP contribution in [0.5, 0.6) is 0 Å². The number of hydrogen-bond acceptors (Lipinski definition) is 5. The minimum Gasteiger partial charge on any atom is -0.308 e. The number of rotatable bonds is 7. The lowest BCUT2D eigenvalue weighted by molar-refractivity contribution is 0.686. The van der Waals surface area contributed by atoms with Crippen molar-refractivity contribution in [1.82, 2.24) is 23.9 Å². The van der Waals surface area contributed by atoms with Crippen LogP contribution in [0.15, 0.2) is 59.4 Å². The van der Waals surface area contributed by atoms with Crippen LogP contribution in [-0.4, -0.2) is 23.9 Å². The Morgan fingerprint density at radius 3 is 2.47 bits per heavy atom. The minimum atomic E-state index is -0.148. The number of aromatic nitrogens is 5. The normalized spacial score (nSPS) is 11.4. The monoisotopic (exact) mass is 469 g/mol. The Hall–Kier alpha value is -3.58. The number of imidazole rings is 1. The number of fused-ring (bicyclic) bond motifs is 1. The van der Waals surface area contributed by atoms with E-state index in [0.29, 0.717) is 5.82 Å². The molecule has 6 nitrogen and oxygen atoms in total. The van der Waals surface area contributed by atoms with Gasteiger partial charge in [0.05, 0.1) is 6.54 Å². The molecule has 0 unspecified atom stereocenters. The molecular formula is C27H27N5OS. The summed E-state index contributed by atoms with van der Waals surface area (Å²) < 4.78 is 6.55. The highest BCUT2D eigenvalue weighted by Gasteiger charge is 2.15. The third-order valence-corrected chi connectivity index (χ3v) is 6.62. The Labute approximate surface area is 202 Å². The van der Waals surface area contributed by atoms with Crippen LogP contribution >= 0.6 is 11.5 Å². The van der Waals surface area contributed by atoms with E-state index < -0.39 is 0 Å². The number of benzene rings is 2. The predicted molar refractivity (Wildman–Crippen MR) is 138 cm³/mol. The van der Waals surface area contributed by atoms with Crippen LogP contribution in [0, 0.1) is 13.8 Å². The highest BCUT2D eigenvalue weighted by Crippen LogP contribution is 2.30. The SMILES string of the molecule is CCCCc1nc2c(C)cc(C)nc2n1Cc1ccc(-c2ccccc2-c2nsc(=O)[nH]2)cc1. The highest BCUT2D eigenvalue weighted by molar-refractivity contribution is 7.03. The van der Waals surface area contributed by atoms with E-state index in [-0.39, 0.29) is 4.87 Å². The molecule has 0 fully saturated rings. The predicted octanol–water partition coefficient (Wildman–Crippen LogP) is 5.92. The largest absolute Gasteiger partial charge is 0.323 e. The first kappa shape index (κ1) is 22.2. The third-order valence-electron chi connectivity index (χ3n) is 6.08. The molecule has 1 N–H and O–H groups in total. The van der Waals surface area contributed by atoms with Gasteiger partial charge in [0.25, 0.3) is 0 Å². The van der Waals surface area contributed by atoms with Gasteiger partial charge in [0, 0.05) is 29.2 Å². The summed E-state index contributed by atoms with van der Waals surface area (Å²) in [5.74, 6) is 1.71. The van der Waals surface area contributed by atoms with Crippen LogP contribution in [0.3, 0.4) is 0 Å². The van der Waals surface area contributed by atoms with E-state index in [4.69, 9.17) is 9.97 Å². The van der Waals surface area contributed by atoms with Gasteiger partial charge < -0.3 is 4.57 Å². The van der Waals surface area contributed by atoms with Crippen LogP contribution in [0.2, 0.25) is 0 Å². The molecule has 5 rings (SSSR count). The fourth-order valence-electron chi connectivity index (χ4n) is 4.40. The molecule has 7 heteroatoms. The molecule has 5 aromatic rings. The Morgan fingerprint density at radius 2 is 1.76 bits per heavy atom. The molecule has 2 aromatic carbocycles. The fraction of sp³-hybridized carbons (Fsp3) is 0.259. The lowest BCUT2D eigenvalue weighted by Crippen LogP contribution is -2.06.